The molecule has 0 aromatic heterocycles. The van der Waals surface area contributed by atoms with E-state index in [4.69, 9.17) is 0 Å². The summed E-state index contributed by atoms with van der Waals surface area (Å²) in [6, 6.07) is 19.5. The zero-order chi connectivity index (χ0) is 12.2. The van der Waals surface area contributed by atoms with Gasteiger partial charge in [-0.2, -0.15) is 0 Å². The lowest BCUT2D eigenvalue weighted by Gasteiger charge is -2.27. The fourth-order valence-electron chi connectivity index (χ4n) is 2.55. The second kappa shape index (κ2) is 5.23. The fraction of sp³-hybridized carbons (Fsp3) is 0.250. The van der Waals surface area contributed by atoms with Crippen LogP contribution in [-0.2, 0) is 6.42 Å². The maximum Gasteiger partial charge on any atom is 0.0498 e. The van der Waals surface area contributed by atoms with E-state index in [1.54, 1.807) is 0 Å². The highest BCUT2D eigenvalue weighted by atomic mass is 15.0. The van der Waals surface area contributed by atoms with Gasteiger partial charge in [-0.05, 0) is 36.2 Å². The van der Waals surface area contributed by atoms with Crippen molar-refractivity contribution in [1.29, 1.82) is 0 Å². The van der Waals surface area contributed by atoms with Crippen LogP contribution in [0, 0.1) is 0 Å². The molecule has 1 aliphatic heterocycles. The molecule has 3 rings (SSSR count). The summed E-state index contributed by atoms with van der Waals surface area (Å²) in [5, 5.41) is 7.08. The van der Waals surface area contributed by atoms with E-state index in [1.165, 1.54) is 16.8 Å². The smallest absolute Gasteiger partial charge is 0.0498 e. The summed E-state index contributed by atoms with van der Waals surface area (Å²) in [6.45, 7) is 2.00. The van der Waals surface area contributed by atoms with Gasteiger partial charge < -0.3 is 10.6 Å². The minimum atomic E-state index is 0.412. The monoisotopic (exact) mass is 238 g/mol. The van der Waals surface area contributed by atoms with Gasteiger partial charge in [0.1, 0.15) is 0 Å². The van der Waals surface area contributed by atoms with Crippen LogP contribution in [0.3, 0.4) is 0 Å². The number of anilines is 1. The highest BCUT2D eigenvalue weighted by molar-refractivity contribution is 5.43. The van der Waals surface area contributed by atoms with Crippen molar-refractivity contribution in [1.82, 2.24) is 5.32 Å². The molecule has 18 heavy (non-hydrogen) atoms. The molecular weight excluding hydrogens is 220 g/mol. The second-order valence-corrected chi connectivity index (χ2v) is 4.70. The van der Waals surface area contributed by atoms with Gasteiger partial charge in [0.15, 0.2) is 0 Å². The molecule has 0 aliphatic carbocycles. The number of rotatable bonds is 3. The van der Waals surface area contributed by atoms with Crippen LogP contribution in [0.2, 0.25) is 0 Å². The summed E-state index contributed by atoms with van der Waals surface area (Å²) in [6.07, 6.45) is 1.14. The first-order valence-corrected chi connectivity index (χ1v) is 6.53. The maximum absolute atomic E-state index is 3.58. The average Bonchev–Trinajstić information content (AvgIpc) is 2.46. The SMILES string of the molecule is c1ccc(NC[C@@H]2NCCc3ccccc32)cc1. The van der Waals surface area contributed by atoms with Gasteiger partial charge in [0.05, 0.1) is 0 Å². The molecule has 0 amide bonds. The minimum absolute atomic E-state index is 0.412. The molecule has 1 heterocycles. The number of nitrogens with one attached hydrogen (secondary N) is 2. The highest BCUT2D eigenvalue weighted by Crippen LogP contribution is 2.22. The van der Waals surface area contributed by atoms with Crippen LogP contribution in [0.1, 0.15) is 17.2 Å². The predicted molar refractivity (Wildman–Crippen MR) is 75.8 cm³/mol. The molecule has 0 unspecified atom stereocenters. The van der Waals surface area contributed by atoms with E-state index in [1.807, 2.05) is 6.07 Å². The predicted octanol–water partition coefficient (Wildman–Crippen LogP) is 2.99. The summed E-state index contributed by atoms with van der Waals surface area (Å²) in [5.74, 6) is 0. The largest absolute Gasteiger partial charge is 0.383 e. The molecule has 0 spiro atoms. The van der Waals surface area contributed by atoms with Gasteiger partial charge in [0, 0.05) is 18.3 Å². The van der Waals surface area contributed by atoms with E-state index < -0.39 is 0 Å². The molecule has 0 radical (unpaired) electrons. The van der Waals surface area contributed by atoms with Crippen LogP contribution in [-0.4, -0.2) is 13.1 Å². The Kier molecular flexibility index (Phi) is 3.29. The second-order valence-electron chi connectivity index (χ2n) is 4.70. The summed E-state index contributed by atoms with van der Waals surface area (Å²) in [4.78, 5) is 0. The van der Waals surface area contributed by atoms with E-state index in [0.29, 0.717) is 6.04 Å². The van der Waals surface area contributed by atoms with E-state index in [0.717, 1.165) is 19.5 Å². The molecule has 1 aliphatic rings. The number of hydrogen-bond donors (Lipinski definition) is 2. The molecule has 1 atom stereocenters. The first-order valence-electron chi connectivity index (χ1n) is 6.53. The van der Waals surface area contributed by atoms with Crippen molar-refractivity contribution >= 4 is 5.69 Å². The molecule has 2 heteroatoms. The zero-order valence-corrected chi connectivity index (χ0v) is 10.4. The summed E-state index contributed by atoms with van der Waals surface area (Å²) in [5.41, 5.74) is 4.10. The van der Waals surface area contributed by atoms with Crippen LogP contribution in [0.4, 0.5) is 5.69 Å². The van der Waals surface area contributed by atoms with Gasteiger partial charge >= 0.3 is 0 Å². The standard InChI is InChI=1S/C16H18N2/c1-2-7-14(8-3-1)18-12-16-15-9-5-4-6-13(15)10-11-17-16/h1-9,16-18H,10-12H2/t16-/m0/s1. The number of benzene rings is 2. The zero-order valence-electron chi connectivity index (χ0n) is 10.4. The van der Waals surface area contributed by atoms with Crippen molar-refractivity contribution in [3.8, 4) is 0 Å². The first kappa shape index (κ1) is 11.3. The number of hydrogen-bond acceptors (Lipinski definition) is 2. The first-order chi connectivity index (χ1) is 8.93. The Morgan fingerprint density at radius 3 is 2.67 bits per heavy atom. The summed E-state index contributed by atoms with van der Waals surface area (Å²) < 4.78 is 0. The molecule has 2 aromatic carbocycles. The Bertz CT molecular complexity index is 508. The lowest BCUT2D eigenvalue weighted by Crippen LogP contribution is -2.34. The van der Waals surface area contributed by atoms with Crippen LogP contribution < -0.4 is 10.6 Å². The molecule has 0 fully saturated rings. The quantitative estimate of drug-likeness (QED) is 0.859. The third-order valence-corrected chi connectivity index (χ3v) is 3.50. The van der Waals surface area contributed by atoms with Gasteiger partial charge in [0.25, 0.3) is 0 Å². The van der Waals surface area contributed by atoms with Gasteiger partial charge in [-0.15, -0.1) is 0 Å². The average molecular weight is 238 g/mol. The lowest BCUT2D eigenvalue weighted by molar-refractivity contribution is 0.523. The van der Waals surface area contributed by atoms with Crippen molar-refractivity contribution < 1.29 is 0 Å². The molecule has 0 saturated carbocycles. The normalized spacial score (nSPS) is 18.1. The molecule has 2 N–H and O–H groups in total. The molecule has 0 bridgehead atoms. The van der Waals surface area contributed by atoms with Crippen LogP contribution in [0.15, 0.2) is 54.6 Å². The maximum atomic E-state index is 3.58. The van der Waals surface area contributed by atoms with Crippen LogP contribution in [0.5, 0.6) is 0 Å². The molecule has 2 nitrogen and oxygen atoms in total. The van der Waals surface area contributed by atoms with E-state index in [-0.39, 0.29) is 0 Å². The Labute approximate surface area is 108 Å². The Morgan fingerprint density at radius 2 is 1.78 bits per heavy atom. The highest BCUT2D eigenvalue weighted by Gasteiger charge is 2.18. The van der Waals surface area contributed by atoms with Gasteiger partial charge in [-0.3, -0.25) is 0 Å². The molecular formula is C16H18N2. The van der Waals surface area contributed by atoms with E-state index in [2.05, 4.69) is 59.2 Å². The molecule has 0 saturated heterocycles. The van der Waals surface area contributed by atoms with E-state index in [9.17, 15) is 0 Å². The lowest BCUT2D eigenvalue weighted by atomic mass is 9.94. The van der Waals surface area contributed by atoms with Crippen LogP contribution in [0.25, 0.3) is 0 Å². The number of fused-ring (bicyclic) bond motifs is 1. The minimum Gasteiger partial charge on any atom is -0.383 e. The third kappa shape index (κ3) is 2.39. The summed E-state index contributed by atoms with van der Waals surface area (Å²) in [7, 11) is 0. The van der Waals surface area contributed by atoms with Gasteiger partial charge in [0.2, 0.25) is 0 Å². The van der Waals surface area contributed by atoms with Gasteiger partial charge in [-0.25, -0.2) is 0 Å². The van der Waals surface area contributed by atoms with Crippen molar-refractivity contribution in [3.05, 3.63) is 65.7 Å². The molecule has 2 aromatic rings. The van der Waals surface area contributed by atoms with Gasteiger partial charge in [-0.1, -0.05) is 42.5 Å². The van der Waals surface area contributed by atoms with Crippen molar-refractivity contribution in [3.63, 3.8) is 0 Å². The Hall–Kier alpha value is -1.80. The fourth-order valence-corrected chi connectivity index (χ4v) is 2.55. The Morgan fingerprint density at radius 1 is 1.00 bits per heavy atom. The summed E-state index contributed by atoms with van der Waals surface area (Å²) >= 11 is 0. The topological polar surface area (TPSA) is 24.1 Å². The third-order valence-electron chi connectivity index (χ3n) is 3.50. The van der Waals surface area contributed by atoms with E-state index >= 15 is 0 Å². The van der Waals surface area contributed by atoms with Crippen LogP contribution >= 0.6 is 0 Å². The number of para-hydroxylation sites is 1. The molecule has 92 valence electrons. The van der Waals surface area contributed by atoms with Crippen molar-refractivity contribution in [2.45, 2.75) is 12.5 Å². The van der Waals surface area contributed by atoms with Crippen molar-refractivity contribution in [2.24, 2.45) is 0 Å². The van der Waals surface area contributed by atoms with Crippen molar-refractivity contribution in [2.75, 3.05) is 18.4 Å². The Balaban J connectivity index is 1.71.